The predicted molar refractivity (Wildman–Crippen MR) is 90.2 cm³/mol. The quantitative estimate of drug-likeness (QED) is 0.791. The minimum absolute atomic E-state index is 0.114. The summed E-state index contributed by atoms with van der Waals surface area (Å²) in [5.74, 6) is 1.30. The lowest BCUT2D eigenvalue weighted by molar-refractivity contribution is 0.423. The molecular weight excluding hydrogens is 273 g/mol. The summed E-state index contributed by atoms with van der Waals surface area (Å²) in [6.07, 6.45) is 3.92. The van der Waals surface area contributed by atoms with Crippen LogP contribution in [-0.4, -0.2) is 25.5 Å². The molecule has 1 fully saturated rings. The SMILES string of the molecule is CN(C)CC1=C(c2ccc(F)c3ccccc23)C2CCC1C2. The topological polar surface area (TPSA) is 3.24 Å². The third kappa shape index (κ3) is 2.09. The molecule has 0 saturated heterocycles. The van der Waals surface area contributed by atoms with Crippen molar-refractivity contribution in [2.24, 2.45) is 11.8 Å². The number of allylic oxidation sites excluding steroid dienone is 1. The van der Waals surface area contributed by atoms with Gasteiger partial charge in [-0.1, -0.05) is 30.3 Å². The van der Waals surface area contributed by atoms with E-state index in [1.54, 1.807) is 11.6 Å². The molecule has 0 heterocycles. The Morgan fingerprint density at radius 2 is 1.73 bits per heavy atom. The van der Waals surface area contributed by atoms with E-state index in [0.29, 0.717) is 5.92 Å². The summed E-state index contributed by atoms with van der Waals surface area (Å²) < 4.78 is 14.1. The molecule has 0 N–H and O–H groups in total. The molecule has 2 aliphatic carbocycles. The molecule has 4 rings (SSSR count). The van der Waals surface area contributed by atoms with Crippen molar-refractivity contribution < 1.29 is 4.39 Å². The van der Waals surface area contributed by atoms with Gasteiger partial charge in [0.2, 0.25) is 0 Å². The van der Waals surface area contributed by atoms with Crippen molar-refractivity contribution in [1.29, 1.82) is 0 Å². The number of halogens is 1. The van der Waals surface area contributed by atoms with E-state index in [-0.39, 0.29) is 5.82 Å². The van der Waals surface area contributed by atoms with E-state index in [2.05, 4.69) is 25.1 Å². The van der Waals surface area contributed by atoms with E-state index in [4.69, 9.17) is 0 Å². The summed E-state index contributed by atoms with van der Waals surface area (Å²) >= 11 is 0. The number of fused-ring (bicyclic) bond motifs is 3. The van der Waals surface area contributed by atoms with Crippen LogP contribution in [0.4, 0.5) is 4.39 Å². The van der Waals surface area contributed by atoms with E-state index < -0.39 is 0 Å². The molecule has 0 aromatic heterocycles. The Morgan fingerprint density at radius 1 is 1.00 bits per heavy atom. The molecule has 2 aromatic rings. The highest BCUT2D eigenvalue weighted by molar-refractivity contribution is 5.96. The Hall–Kier alpha value is -1.67. The fourth-order valence-corrected chi connectivity index (χ4v) is 4.49. The predicted octanol–water partition coefficient (Wildman–Crippen LogP) is 4.72. The van der Waals surface area contributed by atoms with Crippen molar-refractivity contribution in [3.05, 3.63) is 53.4 Å². The summed E-state index contributed by atoms with van der Waals surface area (Å²) in [4.78, 5) is 2.27. The van der Waals surface area contributed by atoms with E-state index in [0.717, 1.165) is 23.2 Å². The van der Waals surface area contributed by atoms with Crippen LogP contribution in [0.2, 0.25) is 0 Å². The number of likely N-dealkylation sites (N-methyl/N-ethyl adjacent to an activating group) is 1. The molecule has 22 heavy (non-hydrogen) atoms. The molecule has 0 spiro atoms. The van der Waals surface area contributed by atoms with Gasteiger partial charge in [-0.25, -0.2) is 4.39 Å². The molecule has 2 aliphatic rings. The molecule has 2 bridgehead atoms. The number of benzene rings is 2. The fourth-order valence-electron chi connectivity index (χ4n) is 4.49. The van der Waals surface area contributed by atoms with Gasteiger partial charge >= 0.3 is 0 Å². The molecule has 2 aromatic carbocycles. The van der Waals surface area contributed by atoms with Gasteiger partial charge in [-0.15, -0.1) is 0 Å². The molecule has 0 radical (unpaired) electrons. The minimum atomic E-state index is -0.114. The van der Waals surface area contributed by atoms with Crippen LogP contribution in [0.25, 0.3) is 16.3 Å². The second kappa shape index (κ2) is 5.20. The normalized spacial score (nSPS) is 24.0. The average molecular weight is 295 g/mol. The second-order valence-corrected chi connectivity index (χ2v) is 7.02. The fraction of sp³-hybridized carbons (Fsp3) is 0.400. The summed E-state index contributed by atoms with van der Waals surface area (Å²) in [7, 11) is 4.28. The van der Waals surface area contributed by atoms with Crippen molar-refractivity contribution in [1.82, 2.24) is 4.90 Å². The zero-order valence-electron chi connectivity index (χ0n) is 13.3. The Bertz CT molecular complexity index is 759. The molecular formula is C20H22FN. The summed E-state index contributed by atoms with van der Waals surface area (Å²) in [5.41, 5.74) is 4.38. The van der Waals surface area contributed by atoms with Gasteiger partial charge in [-0.05, 0) is 73.4 Å². The van der Waals surface area contributed by atoms with Gasteiger partial charge < -0.3 is 4.90 Å². The van der Waals surface area contributed by atoms with Gasteiger partial charge in [0.05, 0.1) is 0 Å². The van der Waals surface area contributed by atoms with Gasteiger partial charge in [0, 0.05) is 11.9 Å². The number of hydrogen-bond donors (Lipinski definition) is 0. The van der Waals surface area contributed by atoms with Crippen LogP contribution < -0.4 is 0 Å². The zero-order valence-corrected chi connectivity index (χ0v) is 13.3. The second-order valence-electron chi connectivity index (χ2n) is 7.02. The summed E-state index contributed by atoms with van der Waals surface area (Å²) in [6.45, 7) is 1.03. The first kappa shape index (κ1) is 14.0. The highest BCUT2D eigenvalue weighted by Gasteiger charge is 2.39. The molecule has 0 aliphatic heterocycles. The summed E-state index contributed by atoms with van der Waals surface area (Å²) in [6, 6.07) is 11.6. The molecule has 2 unspecified atom stereocenters. The maximum absolute atomic E-state index is 14.1. The molecule has 1 nitrogen and oxygen atoms in total. The van der Waals surface area contributed by atoms with E-state index in [9.17, 15) is 4.39 Å². The van der Waals surface area contributed by atoms with Crippen LogP contribution >= 0.6 is 0 Å². The van der Waals surface area contributed by atoms with E-state index in [1.165, 1.54) is 30.4 Å². The van der Waals surface area contributed by atoms with Crippen LogP contribution in [0.1, 0.15) is 24.8 Å². The first-order chi connectivity index (χ1) is 10.6. The number of nitrogens with zero attached hydrogens (tertiary/aromatic N) is 1. The largest absolute Gasteiger partial charge is 0.305 e. The van der Waals surface area contributed by atoms with Crippen LogP contribution in [0.5, 0.6) is 0 Å². The van der Waals surface area contributed by atoms with Gasteiger partial charge in [0.15, 0.2) is 0 Å². The highest BCUT2D eigenvalue weighted by atomic mass is 19.1. The maximum atomic E-state index is 14.1. The van der Waals surface area contributed by atoms with Crippen LogP contribution in [0.15, 0.2) is 42.0 Å². The van der Waals surface area contributed by atoms with Crippen LogP contribution in [0.3, 0.4) is 0 Å². The van der Waals surface area contributed by atoms with Crippen molar-refractivity contribution in [2.75, 3.05) is 20.6 Å². The first-order valence-corrected chi connectivity index (χ1v) is 8.20. The highest BCUT2D eigenvalue weighted by Crippen LogP contribution is 2.53. The minimum Gasteiger partial charge on any atom is -0.305 e. The van der Waals surface area contributed by atoms with Gasteiger partial charge in [-0.2, -0.15) is 0 Å². The Labute approximate surface area is 131 Å². The number of hydrogen-bond acceptors (Lipinski definition) is 1. The Kier molecular flexibility index (Phi) is 3.30. The van der Waals surface area contributed by atoms with E-state index in [1.807, 2.05) is 24.3 Å². The zero-order chi connectivity index (χ0) is 15.3. The molecule has 1 saturated carbocycles. The van der Waals surface area contributed by atoms with Crippen molar-refractivity contribution in [3.63, 3.8) is 0 Å². The standard InChI is InChI=1S/C20H22FN/c1-22(2)12-18-13-7-8-14(11-13)20(18)17-9-10-19(21)16-6-4-3-5-15(16)17/h3-6,9-10,13-14H,7-8,11-12H2,1-2H3. The molecule has 2 atom stereocenters. The molecule has 114 valence electrons. The Morgan fingerprint density at radius 3 is 2.50 bits per heavy atom. The monoisotopic (exact) mass is 295 g/mol. The summed E-state index contributed by atoms with van der Waals surface area (Å²) in [5, 5.41) is 1.82. The smallest absolute Gasteiger partial charge is 0.131 e. The lowest BCUT2D eigenvalue weighted by atomic mass is 9.85. The van der Waals surface area contributed by atoms with Crippen LogP contribution in [-0.2, 0) is 0 Å². The Balaban J connectivity index is 1.94. The average Bonchev–Trinajstić information content (AvgIpc) is 3.09. The van der Waals surface area contributed by atoms with Gasteiger partial charge in [-0.3, -0.25) is 0 Å². The van der Waals surface area contributed by atoms with Crippen molar-refractivity contribution >= 4 is 16.3 Å². The number of rotatable bonds is 3. The van der Waals surface area contributed by atoms with Crippen molar-refractivity contribution in [2.45, 2.75) is 19.3 Å². The lowest BCUT2D eigenvalue weighted by Crippen LogP contribution is -2.19. The third-order valence-corrected chi connectivity index (χ3v) is 5.33. The lowest BCUT2D eigenvalue weighted by Gasteiger charge is -2.24. The third-order valence-electron chi connectivity index (χ3n) is 5.33. The van der Waals surface area contributed by atoms with Gasteiger partial charge in [0.25, 0.3) is 0 Å². The van der Waals surface area contributed by atoms with Crippen molar-refractivity contribution in [3.8, 4) is 0 Å². The molecule has 0 amide bonds. The first-order valence-electron chi connectivity index (χ1n) is 8.20. The van der Waals surface area contributed by atoms with Gasteiger partial charge in [0.1, 0.15) is 5.82 Å². The maximum Gasteiger partial charge on any atom is 0.131 e. The van der Waals surface area contributed by atoms with Crippen LogP contribution in [0, 0.1) is 17.7 Å². The molecule has 2 heteroatoms. The van der Waals surface area contributed by atoms with E-state index >= 15 is 0 Å².